The Balaban J connectivity index is 1.70. The van der Waals surface area contributed by atoms with Crippen molar-refractivity contribution in [1.29, 1.82) is 0 Å². The standard InChI is InChI=1S/C25H23NO5/c1-16-15-25(2,3)26(23(27)17-7-9-18(29-4)10-8-17)21-12-11-19(14-20(16)21)31-24(28)22-6-5-13-30-22/h5-15H,1-4H3. The smallest absolute Gasteiger partial charge is 0.379 e. The molecule has 0 fully saturated rings. The molecular weight excluding hydrogens is 394 g/mol. The van der Waals surface area contributed by atoms with Gasteiger partial charge in [-0.15, -0.1) is 0 Å². The van der Waals surface area contributed by atoms with Crippen molar-refractivity contribution in [2.24, 2.45) is 0 Å². The topological polar surface area (TPSA) is 69.0 Å². The van der Waals surface area contributed by atoms with Gasteiger partial charge in [0.15, 0.2) is 0 Å². The summed E-state index contributed by atoms with van der Waals surface area (Å²) in [7, 11) is 1.59. The second-order valence-electron chi connectivity index (χ2n) is 7.90. The highest BCUT2D eigenvalue weighted by Gasteiger charge is 2.36. The van der Waals surface area contributed by atoms with Crippen molar-refractivity contribution in [3.63, 3.8) is 0 Å². The van der Waals surface area contributed by atoms with E-state index in [0.717, 1.165) is 16.8 Å². The van der Waals surface area contributed by atoms with Crippen LogP contribution in [0.15, 0.2) is 71.4 Å². The van der Waals surface area contributed by atoms with Crippen LogP contribution in [0, 0.1) is 0 Å². The highest BCUT2D eigenvalue weighted by Crippen LogP contribution is 2.41. The fourth-order valence-corrected chi connectivity index (χ4v) is 3.86. The Morgan fingerprint density at radius 3 is 2.35 bits per heavy atom. The van der Waals surface area contributed by atoms with Gasteiger partial charge < -0.3 is 13.9 Å². The predicted molar refractivity (Wildman–Crippen MR) is 118 cm³/mol. The van der Waals surface area contributed by atoms with E-state index in [1.807, 2.05) is 26.8 Å². The van der Waals surface area contributed by atoms with Crippen LogP contribution >= 0.6 is 0 Å². The Bertz CT molecular complexity index is 1160. The summed E-state index contributed by atoms with van der Waals surface area (Å²) in [5, 5.41) is 0. The minimum absolute atomic E-state index is 0.127. The Kier molecular flexibility index (Phi) is 5.15. The summed E-state index contributed by atoms with van der Waals surface area (Å²) in [6.45, 7) is 5.96. The van der Waals surface area contributed by atoms with Gasteiger partial charge in [-0.3, -0.25) is 9.69 Å². The fraction of sp³-hybridized carbons (Fsp3) is 0.200. The number of allylic oxidation sites excluding steroid dienone is 1. The zero-order valence-corrected chi connectivity index (χ0v) is 17.8. The maximum atomic E-state index is 13.5. The number of methoxy groups -OCH3 is 1. The SMILES string of the molecule is COc1ccc(C(=O)N2c3ccc(OC(=O)c4ccco4)cc3C(C)=CC2(C)C)cc1. The lowest BCUT2D eigenvalue weighted by molar-refractivity contribution is 0.0701. The van der Waals surface area contributed by atoms with Gasteiger partial charge >= 0.3 is 5.97 Å². The molecule has 1 aliphatic heterocycles. The molecule has 0 aliphatic carbocycles. The van der Waals surface area contributed by atoms with Crippen LogP contribution in [-0.2, 0) is 0 Å². The second kappa shape index (κ2) is 7.80. The van der Waals surface area contributed by atoms with Gasteiger partial charge in [0.1, 0.15) is 11.5 Å². The average molecular weight is 417 g/mol. The molecule has 6 heteroatoms. The summed E-state index contributed by atoms with van der Waals surface area (Å²) < 4.78 is 15.7. The molecule has 0 bridgehead atoms. The van der Waals surface area contributed by atoms with Gasteiger partial charge in [-0.1, -0.05) is 6.08 Å². The number of carbonyl (C=O) groups is 2. The summed E-state index contributed by atoms with van der Waals surface area (Å²) in [5.41, 5.74) is 2.59. The minimum atomic E-state index is -0.575. The Hall–Kier alpha value is -3.80. The highest BCUT2D eigenvalue weighted by molar-refractivity contribution is 6.10. The van der Waals surface area contributed by atoms with E-state index >= 15 is 0 Å². The van der Waals surface area contributed by atoms with E-state index in [-0.39, 0.29) is 11.7 Å². The van der Waals surface area contributed by atoms with E-state index in [9.17, 15) is 9.59 Å². The lowest BCUT2D eigenvalue weighted by atomic mass is 9.88. The van der Waals surface area contributed by atoms with Crippen LogP contribution in [0.5, 0.6) is 11.5 Å². The summed E-state index contributed by atoms with van der Waals surface area (Å²) in [6, 6.07) is 15.5. The highest BCUT2D eigenvalue weighted by atomic mass is 16.5. The van der Waals surface area contributed by atoms with E-state index in [4.69, 9.17) is 13.9 Å². The number of ether oxygens (including phenoxy) is 2. The van der Waals surface area contributed by atoms with E-state index in [1.54, 1.807) is 66.6 Å². The number of nitrogens with zero attached hydrogens (tertiary/aromatic N) is 1. The molecule has 2 heterocycles. The summed E-state index contributed by atoms with van der Waals surface area (Å²) in [5.74, 6) is 0.493. The van der Waals surface area contributed by atoms with E-state index in [1.165, 1.54) is 6.26 Å². The van der Waals surface area contributed by atoms with Gasteiger partial charge in [-0.05, 0) is 80.9 Å². The molecule has 1 amide bonds. The van der Waals surface area contributed by atoms with Gasteiger partial charge in [0.2, 0.25) is 5.76 Å². The van der Waals surface area contributed by atoms with E-state index in [2.05, 4.69) is 0 Å². The molecule has 1 aromatic heterocycles. The number of furan rings is 1. The quantitative estimate of drug-likeness (QED) is 0.423. The Labute approximate surface area is 180 Å². The maximum absolute atomic E-state index is 13.5. The number of rotatable bonds is 4. The molecule has 0 saturated carbocycles. The van der Waals surface area contributed by atoms with Crippen molar-refractivity contribution >= 4 is 23.1 Å². The zero-order valence-electron chi connectivity index (χ0n) is 17.8. The van der Waals surface area contributed by atoms with Crippen LogP contribution < -0.4 is 14.4 Å². The molecule has 0 saturated heterocycles. The lowest BCUT2D eigenvalue weighted by Crippen LogP contribution is -2.49. The first-order valence-electron chi connectivity index (χ1n) is 9.88. The van der Waals surface area contributed by atoms with Gasteiger partial charge in [0.05, 0.1) is 24.6 Å². The van der Waals surface area contributed by atoms with Crippen LogP contribution in [0.4, 0.5) is 5.69 Å². The van der Waals surface area contributed by atoms with Crippen LogP contribution in [0.3, 0.4) is 0 Å². The third-order valence-electron chi connectivity index (χ3n) is 5.25. The first-order chi connectivity index (χ1) is 14.8. The largest absolute Gasteiger partial charge is 0.497 e. The summed E-state index contributed by atoms with van der Waals surface area (Å²) >= 11 is 0. The normalized spacial score (nSPS) is 14.5. The van der Waals surface area contributed by atoms with Crippen molar-refractivity contribution in [3.8, 4) is 11.5 Å². The Morgan fingerprint density at radius 1 is 1.00 bits per heavy atom. The number of esters is 1. The summed E-state index contributed by atoms with van der Waals surface area (Å²) in [6.07, 6.45) is 3.45. The minimum Gasteiger partial charge on any atom is -0.497 e. The fourth-order valence-electron chi connectivity index (χ4n) is 3.86. The molecule has 31 heavy (non-hydrogen) atoms. The number of carbonyl (C=O) groups excluding carboxylic acids is 2. The first kappa shape index (κ1) is 20.5. The predicted octanol–water partition coefficient (Wildman–Crippen LogP) is 5.35. The lowest BCUT2D eigenvalue weighted by Gasteiger charge is -2.41. The van der Waals surface area contributed by atoms with Gasteiger partial charge in [0, 0.05) is 11.1 Å². The first-order valence-corrected chi connectivity index (χ1v) is 9.88. The van der Waals surface area contributed by atoms with Gasteiger partial charge in [0.25, 0.3) is 5.91 Å². The Morgan fingerprint density at radius 2 is 1.71 bits per heavy atom. The van der Waals surface area contributed by atoms with Crippen molar-refractivity contribution < 1.29 is 23.5 Å². The maximum Gasteiger partial charge on any atom is 0.379 e. The van der Waals surface area contributed by atoms with Crippen molar-refractivity contribution in [3.05, 3.63) is 83.8 Å². The molecule has 0 radical (unpaired) electrons. The molecule has 2 aromatic carbocycles. The molecule has 0 atom stereocenters. The van der Waals surface area contributed by atoms with Crippen LogP contribution in [0.1, 0.15) is 47.2 Å². The van der Waals surface area contributed by atoms with Crippen molar-refractivity contribution in [2.75, 3.05) is 12.0 Å². The van der Waals surface area contributed by atoms with Crippen molar-refractivity contribution in [1.82, 2.24) is 0 Å². The van der Waals surface area contributed by atoms with Gasteiger partial charge in [-0.2, -0.15) is 0 Å². The molecule has 6 nitrogen and oxygen atoms in total. The van der Waals surface area contributed by atoms with Crippen LogP contribution in [0.2, 0.25) is 0 Å². The second-order valence-corrected chi connectivity index (χ2v) is 7.90. The molecule has 1 aliphatic rings. The monoisotopic (exact) mass is 417 g/mol. The molecular formula is C25H23NO5. The zero-order chi connectivity index (χ0) is 22.2. The summed E-state index contributed by atoms with van der Waals surface area (Å²) in [4.78, 5) is 27.5. The number of fused-ring (bicyclic) bond motifs is 1. The molecule has 4 rings (SSSR count). The van der Waals surface area contributed by atoms with Crippen molar-refractivity contribution in [2.45, 2.75) is 26.3 Å². The average Bonchev–Trinajstić information content (AvgIpc) is 3.28. The molecule has 3 aromatic rings. The van der Waals surface area contributed by atoms with Crippen LogP contribution in [-0.4, -0.2) is 24.5 Å². The van der Waals surface area contributed by atoms with E-state index in [0.29, 0.717) is 17.1 Å². The number of anilines is 1. The van der Waals surface area contributed by atoms with Crippen LogP contribution in [0.25, 0.3) is 5.57 Å². The third-order valence-corrected chi connectivity index (χ3v) is 5.25. The van der Waals surface area contributed by atoms with Gasteiger partial charge in [-0.25, -0.2) is 4.79 Å². The molecule has 0 spiro atoms. The number of hydrogen-bond donors (Lipinski definition) is 0. The number of benzene rings is 2. The third kappa shape index (κ3) is 3.84. The molecule has 0 unspecified atom stereocenters. The number of hydrogen-bond acceptors (Lipinski definition) is 5. The molecule has 158 valence electrons. The van der Waals surface area contributed by atoms with E-state index < -0.39 is 11.5 Å². The molecule has 0 N–H and O–H groups in total. The number of amides is 1.